The molecule has 4 rings (SSSR count). The van der Waals surface area contributed by atoms with E-state index in [0.717, 1.165) is 17.7 Å². The van der Waals surface area contributed by atoms with Crippen molar-refractivity contribution in [2.24, 2.45) is 0 Å². The first kappa shape index (κ1) is 17.4. The van der Waals surface area contributed by atoms with Gasteiger partial charge in [-0.25, -0.2) is 0 Å². The number of rotatable bonds is 4. The molecule has 0 aliphatic carbocycles. The van der Waals surface area contributed by atoms with E-state index in [-0.39, 0.29) is 18.6 Å². The zero-order chi connectivity index (χ0) is 18.8. The molecule has 2 aliphatic heterocycles. The molecule has 0 atom stereocenters. The van der Waals surface area contributed by atoms with Crippen molar-refractivity contribution in [3.63, 3.8) is 0 Å². The van der Waals surface area contributed by atoms with E-state index in [0.29, 0.717) is 35.2 Å². The van der Waals surface area contributed by atoms with Crippen LogP contribution in [0, 0.1) is 0 Å². The Hall–Kier alpha value is -2.99. The Morgan fingerprint density at radius 1 is 1.22 bits per heavy atom. The van der Waals surface area contributed by atoms with Crippen LogP contribution in [0.3, 0.4) is 0 Å². The number of nitrogens with one attached hydrogen (secondary N) is 1. The van der Waals surface area contributed by atoms with E-state index in [1.807, 2.05) is 12.1 Å². The van der Waals surface area contributed by atoms with Crippen molar-refractivity contribution in [3.8, 4) is 11.5 Å². The van der Waals surface area contributed by atoms with Gasteiger partial charge in [-0.2, -0.15) is 0 Å². The molecule has 0 bridgehead atoms. The van der Waals surface area contributed by atoms with E-state index >= 15 is 0 Å². The maximum Gasteiger partial charge on any atom is 0.248 e. The number of nitrogens with zero attached hydrogens (tertiary/aromatic N) is 1. The van der Waals surface area contributed by atoms with Crippen LogP contribution in [0.4, 0.5) is 11.4 Å². The van der Waals surface area contributed by atoms with Crippen LogP contribution in [0.1, 0.15) is 18.4 Å². The number of amides is 2. The first-order valence-corrected chi connectivity index (χ1v) is 8.96. The maximum absolute atomic E-state index is 12.2. The van der Waals surface area contributed by atoms with Crippen LogP contribution in [0.15, 0.2) is 42.5 Å². The van der Waals surface area contributed by atoms with Crippen molar-refractivity contribution in [1.29, 1.82) is 0 Å². The van der Waals surface area contributed by atoms with E-state index in [4.69, 9.17) is 21.1 Å². The van der Waals surface area contributed by atoms with Gasteiger partial charge in [0.15, 0.2) is 11.5 Å². The molecular formula is C20H17ClN2O4. The highest BCUT2D eigenvalue weighted by atomic mass is 35.5. The second-order valence-corrected chi connectivity index (χ2v) is 6.67. The first-order valence-electron chi connectivity index (χ1n) is 8.59. The Kier molecular flexibility index (Phi) is 4.73. The van der Waals surface area contributed by atoms with Crippen molar-refractivity contribution in [2.45, 2.75) is 12.8 Å². The van der Waals surface area contributed by atoms with Crippen LogP contribution < -0.4 is 19.7 Å². The summed E-state index contributed by atoms with van der Waals surface area (Å²) in [5.41, 5.74) is 2.16. The van der Waals surface area contributed by atoms with Gasteiger partial charge in [-0.15, -0.1) is 0 Å². The average Bonchev–Trinajstić information content (AvgIpc) is 3.29. The average molecular weight is 385 g/mol. The lowest BCUT2D eigenvalue weighted by molar-refractivity contribution is -0.117. The Labute approximate surface area is 161 Å². The predicted octanol–water partition coefficient (Wildman–Crippen LogP) is 3.85. The fraction of sp³-hybridized carbons (Fsp3) is 0.200. The molecule has 6 nitrogen and oxygen atoms in total. The minimum Gasteiger partial charge on any atom is -0.454 e. The number of hydrogen-bond donors (Lipinski definition) is 1. The minimum atomic E-state index is -0.284. The highest BCUT2D eigenvalue weighted by Crippen LogP contribution is 2.40. The molecule has 0 aromatic heterocycles. The first-order chi connectivity index (χ1) is 13.1. The third kappa shape index (κ3) is 3.75. The lowest BCUT2D eigenvalue weighted by Gasteiger charge is -2.16. The van der Waals surface area contributed by atoms with Gasteiger partial charge in [0, 0.05) is 30.4 Å². The zero-order valence-corrected chi connectivity index (χ0v) is 15.2. The molecule has 2 aromatic rings. The lowest BCUT2D eigenvalue weighted by Crippen LogP contribution is -2.23. The molecular weight excluding hydrogens is 368 g/mol. The molecule has 27 heavy (non-hydrogen) atoms. The van der Waals surface area contributed by atoms with Gasteiger partial charge < -0.3 is 19.7 Å². The molecule has 1 fully saturated rings. The lowest BCUT2D eigenvalue weighted by atomic mass is 10.2. The molecule has 2 aromatic carbocycles. The predicted molar refractivity (Wildman–Crippen MR) is 103 cm³/mol. The van der Waals surface area contributed by atoms with Crippen LogP contribution >= 0.6 is 11.6 Å². The fourth-order valence-corrected chi connectivity index (χ4v) is 3.39. The van der Waals surface area contributed by atoms with Crippen LogP contribution in [0.2, 0.25) is 5.02 Å². The summed E-state index contributed by atoms with van der Waals surface area (Å²) < 4.78 is 10.6. The summed E-state index contributed by atoms with van der Waals surface area (Å²) in [6, 6.07) is 10.7. The minimum absolute atomic E-state index is 0.109. The molecule has 2 amide bonds. The van der Waals surface area contributed by atoms with Crippen molar-refractivity contribution >= 4 is 40.9 Å². The molecule has 2 heterocycles. The smallest absolute Gasteiger partial charge is 0.248 e. The largest absolute Gasteiger partial charge is 0.454 e. The monoisotopic (exact) mass is 384 g/mol. The van der Waals surface area contributed by atoms with Gasteiger partial charge >= 0.3 is 0 Å². The highest BCUT2D eigenvalue weighted by Gasteiger charge is 2.21. The number of carbonyl (C=O) groups excluding carboxylic acids is 2. The normalized spacial score (nSPS) is 15.6. The van der Waals surface area contributed by atoms with Gasteiger partial charge in [-0.05, 0) is 48.4 Å². The third-order valence-corrected chi connectivity index (χ3v) is 4.66. The Bertz CT molecular complexity index is 942. The fourth-order valence-electron chi connectivity index (χ4n) is 3.11. The van der Waals surface area contributed by atoms with Crippen molar-refractivity contribution in [1.82, 2.24) is 0 Å². The number of carbonyl (C=O) groups is 2. The topological polar surface area (TPSA) is 67.9 Å². The quantitative estimate of drug-likeness (QED) is 0.813. The Balaban J connectivity index is 1.45. The summed E-state index contributed by atoms with van der Waals surface area (Å²) in [5, 5.41) is 3.24. The van der Waals surface area contributed by atoms with E-state index in [2.05, 4.69) is 5.32 Å². The van der Waals surface area contributed by atoms with E-state index in [9.17, 15) is 9.59 Å². The van der Waals surface area contributed by atoms with Crippen LogP contribution in [-0.2, 0) is 9.59 Å². The number of benzene rings is 2. The van der Waals surface area contributed by atoms with Gasteiger partial charge in [0.25, 0.3) is 0 Å². The molecule has 1 saturated heterocycles. The molecule has 0 spiro atoms. The molecule has 0 unspecified atom stereocenters. The molecule has 138 valence electrons. The van der Waals surface area contributed by atoms with Crippen LogP contribution in [0.5, 0.6) is 11.5 Å². The molecule has 7 heteroatoms. The van der Waals surface area contributed by atoms with Gasteiger partial charge in [-0.1, -0.05) is 17.7 Å². The highest BCUT2D eigenvalue weighted by molar-refractivity contribution is 6.32. The molecule has 1 N–H and O–H groups in total. The Morgan fingerprint density at radius 2 is 2.11 bits per heavy atom. The second kappa shape index (κ2) is 7.32. The number of hydrogen-bond acceptors (Lipinski definition) is 4. The molecule has 2 aliphatic rings. The summed E-state index contributed by atoms with van der Waals surface area (Å²) in [5.74, 6) is 0.906. The summed E-state index contributed by atoms with van der Waals surface area (Å²) >= 11 is 6.14. The number of ether oxygens (including phenoxy) is 2. The number of halogens is 1. The van der Waals surface area contributed by atoms with Crippen molar-refractivity contribution < 1.29 is 19.1 Å². The zero-order valence-electron chi connectivity index (χ0n) is 14.4. The number of anilines is 2. The molecule has 0 saturated carbocycles. The van der Waals surface area contributed by atoms with E-state index in [1.165, 1.54) is 6.08 Å². The summed E-state index contributed by atoms with van der Waals surface area (Å²) in [6.45, 7) is 0.847. The van der Waals surface area contributed by atoms with Gasteiger partial charge in [-0.3, -0.25) is 9.59 Å². The van der Waals surface area contributed by atoms with Crippen molar-refractivity contribution in [2.75, 3.05) is 23.6 Å². The standard InChI is InChI=1S/C20H17ClN2O4/c21-16-9-13(10-17-20(16)27-12-26-17)6-7-18(24)22-14-3-1-4-15(11-14)23-8-2-5-19(23)25/h1,3-4,6-7,9-11H,2,5,8,12H2,(H,22,24)/b7-6+. The van der Waals surface area contributed by atoms with E-state index in [1.54, 1.807) is 35.2 Å². The molecule has 0 radical (unpaired) electrons. The van der Waals surface area contributed by atoms with Gasteiger partial charge in [0.05, 0.1) is 5.02 Å². The van der Waals surface area contributed by atoms with Crippen LogP contribution in [-0.4, -0.2) is 25.2 Å². The van der Waals surface area contributed by atoms with Crippen molar-refractivity contribution in [3.05, 3.63) is 53.1 Å². The summed E-state index contributed by atoms with van der Waals surface area (Å²) in [4.78, 5) is 25.8. The van der Waals surface area contributed by atoms with Crippen LogP contribution in [0.25, 0.3) is 6.08 Å². The summed E-state index contributed by atoms with van der Waals surface area (Å²) in [6.07, 6.45) is 4.49. The summed E-state index contributed by atoms with van der Waals surface area (Å²) in [7, 11) is 0. The maximum atomic E-state index is 12.2. The Morgan fingerprint density at radius 3 is 2.93 bits per heavy atom. The second-order valence-electron chi connectivity index (χ2n) is 6.26. The third-order valence-electron chi connectivity index (χ3n) is 4.38. The number of fused-ring (bicyclic) bond motifs is 1. The SMILES string of the molecule is O=C(/C=C/c1cc(Cl)c2c(c1)OCO2)Nc1cccc(N2CCCC2=O)c1. The van der Waals surface area contributed by atoms with Gasteiger partial charge in [0.2, 0.25) is 18.6 Å². The van der Waals surface area contributed by atoms with E-state index < -0.39 is 0 Å². The van der Waals surface area contributed by atoms with Gasteiger partial charge in [0.1, 0.15) is 0 Å².